The number of thioether (sulfide) groups is 1. The summed E-state index contributed by atoms with van der Waals surface area (Å²) < 4.78 is 4.88. The van der Waals surface area contributed by atoms with Crippen LogP contribution in [0, 0.1) is 0 Å². The van der Waals surface area contributed by atoms with Gasteiger partial charge in [0.1, 0.15) is 0 Å². The van der Waals surface area contributed by atoms with Gasteiger partial charge in [0.15, 0.2) is 6.04 Å². The van der Waals surface area contributed by atoms with Gasteiger partial charge in [-0.05, 0) is 19.1 Å². The average Bonchev–Trinajstić information content (AvgIpc) is 2.80. The quantitative estimate of drug-likeness (QED) is 0.597. The number of para-hydroxylation sites is 1. The molecular formula is C15H19N2O4S+. The number of imide groups is 1. The van der Waals surface area contributed by atoms with Gasteiger partial charge in [-0.1, -0.05) is 18.2 Å². The highest BCUT2D eigenvalue weighted by Gasteiger charge is 2.40. The van der Waals surface area contributed by atoms with Crippen LogP contribution in [0.1, 0.15) is 13.3 Å². The van der Waals surface area contributed by atoms with Crippen molar-refractivity contribution in [1.29, 1.82) is 0 Å². The van der Waals surface area contributed by atoms with E-state index < -0.39 is 11.3 Å². The first-order valence-electron chi connectivity index (χ1n) is 7.07. The molecule has 0 bridgehead atoms. The molecule has 0 radical (unpaired) electrons. The van der Waals surface area contributed by atoms with Gasteiger partial charge in [0, 0.05) is 6.42 Å². The summed E-state index contributed by atoms with van der Waals surface area (Å²) in [7, 11) is 0. The smallest absolute Gasteiger partial charge is 0.365 e. The third-order valence-corrected chi connectivity index (χ3v) is 4.60. The van der Waals surface area contributed by atoms with Crippen LogP contribution in [-0.4, -0.2) is 41.4 Å². The maximum Gasteiger partial charge on any atom is 0.365 e. The Kier molecular flexibility index (Phi) is 5.57. The number of benzene rings is 1. The molecular weight excluding hydrogens is 304 g/mol. The van der Waals surface area contributed by atoms with Crippen LogP contribution in [0.25, 0.3) is 0 Å². The van der Waals surface area contributed by atoms with E-state index in [9.17, 15) is 14.4 Å². The Balaban J connectivity index is 1.96. The summed E-state index contributed by atoms with van der Waals surface area (Å²) in [6, 6.07) is 8.30. The minimum Gasteiger partial charge on any atom is -0.462 e. The zero-order valence-electron chi connectivity index (χ0n) is 12.4. The van der Waals surface area contributed by atoms with E-state index in [1.54, 1.807) is 31.2 Å². The fraction of sp³-hybridized carbons (Fsp3) is 0.400. The minimum atomic E-state index is -0.543. The zero-order chi connectivity index (χ0) is 16.1. The van der Waals surface area contributed by atoms with Crippen LogP contribution in [0.5, 0.6) is 0 Å². The van der Waals surface area contributed by atoms with Crippen molar-refractivity contribution < 1.29 is 24.9 Å². The van der Waals surface area contributed by atoms with Crippen LogP contribution >= 0.6 is 11.8 Å². The van der Waals surface area contributed by atoms with Gasteiger partial charge in [-0.3, -0.25) is 9.59 Å². The normalized spacial score (nSPS) is 19.4. The van der Waals surface area contributed by atoms with Gasteiger partial charge < -0.3 is 10.5 Å². The summed E-state index contributed by atoms with van der Waals surface area (Å²) in [6.07, 6.45) is 0.147. The number of ether oxygens (including phenoxy) is 1. The number of carbonyl (C=O) groups is 3. The van der Waals surface area contributed by atoms with E-state index in [0.717, 1.165) is 0 Å². The number of carbonyl (C=O) groups excluding carboxylic acids is 3. The Hall–Kier alpha value is -1.86. The third-order valence-electron chi connectivity index (χ3n) is 3.24. The van der Waals surface area contributed by atoms with Crippen LogP contribution in [0.3, 0.4) is 0 Å². The molecule has 1 aromatic rings. The van der Waals surface area contributed by atoms with E-state index in [2.05, 4.69) is 5.73 Å². The highest BCUT2D eigenvalue weighted by molar-refractivity contribution is 8.00. The molecule has 0 spiro atoms. The minimum absolute atomic E-state index is 0.147. The van der Waals surface area contributed by atoms with Crippen molar-refractivity contribution in [2.24, 2.45) is 0 Å². The van der Waals surface area contributed by atoms with E-state index in [0.29, 0.717) is 18.0 Å². The maximum absolute atomic E-state index is 12.4. The van der Waals surface area contributed by atoms with Gasteiger partial charge in [-0.2, -0.15) is 0 Å². The molecule has 1 heterocycles. The molecule has 2 rings (SSSR count). The highest BCUT2D eigenvalue weighted by atomic mass is 32.2. The standard InChI is InChI=1S/C15H18N2O4S/c1-2-21-15(20)11(16)9-22-12-8-13(18)17(14(12)19)10-6-4-3-5-7-10/h3-7,11-12H,2,8-9,16H2,1H3/p+1. The van der Waals surface area contributed by atoms with Crippen LogP contribution < -0.4 is 10.6 Å². The second kappa shape index (κ2) is 7.42. The predicted molar refractivity (Wildman–Crippen MR) is 83.1 cm³/mol. The molecule has 0 saturated carbocycles. The molecule has 2 unspecified atom stereocenters. The van der Waals surface area contributed by atoms with Crippen molar-refractivity contribution in [3.8, 4) is 0 Å². The van der Waals surface area contributed by atoms with E-state index >= 15 is 0 Å². The van der Waals surface area contributed by atoms with Crippen LogP contribution in [0.15, 0.2) is 30.3 Å². The summed E-state index contributed by atoms with van der Waals surface area (Å²) >= 11 is 1.28. The number of esters is 1. The second-order valence-electron chi connectivity index (χ2n) is 4.88. The number of rotatable bonds is 6. The van der Waals surface area contributed by atoms with Crippen LogP contribution in [0.4, 0.5) is 5.69 Å². The number of anilines is 1. The van der Waals surface area contributed by atoms with Crippen molar-refractivity contribution in [2.75, 3.05) is 17.3 Å². The number of quaternary nitrogens is 1. The lowest BCUT2D eigenvalue weighted by Gasteiger charge is -2.15. The van der Waals surface area contributed by atoms with E-state index in [4.69, 9.17) is 4.74 Å². The fourth-order valence-corrected chi connectivity index (χ4v) is 3.25. The lowest BCUT2D eigenvalue weighted by Crippen LogP contribution is -2.66. The van der Waals surface area contributed by atoms with Gasteiger partial charge in [0.05, 0.1) is 23.3 Å². The van der Waals surface area contributed by atoms with Crippen molar-refractivity contribution in [3.05, 3.63) is 30.3 Å². The van der Waals surface area contributed by atoms with Gasteiger partial charge in [0.25, 0.3) is 0 Å². The Morgan fingerprint density at radius 3 is 2.73 bits per heavy atom. The predicted octanol–water partition coefficient (Wildman–Crippen LogP) is 0.225. The van der Waals surface area contributed by atoms with E-state index in [-0.39, 0.29) is 24.2 Å². The van der Waals surface area contributed by atoms with Crippen molar-refractivity contribution in [1.82, 2.24) is 0 Å². The lowest BCUT2D eigenvalue weighted by atomic mass is 10.3. The largest absolute Gasteiger partial charge is 0.462 e. The van der Waals surface area contributed by atoms with Gasteiger partial charge >= 0.3 is 5.97 Å². The molecule has 1 aliphatic rings. The Labute approximate surface area is 133 Å². The first kappa shape index (κ1) is 16.5. The number of hydrogen-bond acceptors (Lipinski definition) is 5. The first-order chi connectivity index (χ1) is 10.5. The van der Waals surface area contributed by atoms with Crippen molar-refractivity contribution in [3.63, 3.8) is 0 Å². The number of nitrogens with zero attached hydrogens (tertiary/aromatic N) is 1. The molecule has 6 nitrogen and oxygen atoms in total. The first-order valence-corrected chi connectivity index (χ1v) is 8.12. The molecule has 0 aliphatic carbocycles. The molecule has 3 N–H and O–H groups in total. The Morgan fingerprint density at radius 2 is 2.09 bits per heavy atom. The molecule has 2 amide bonds. The molecule has 1 saturated heterocycles. The summed E-state index contributed by atoms with van der Waals surface area (Å²) in [6.45, 7) is 2.03. The lowest BCUT2D eigenvalue weighted by molar-refractivity contribution is -0.401. The Morgan fingerprint density at radius 1 is 1.41 bits per heavy atom. The molecule has 22 heavy (non-hydrogen) atoms. The summed E-state index contributed by atoms with van der Waals surface area (Å²) in [5, 5.41) is -0.466. The van der Waals surface area contributed by atoms with Crippen molar-refractivity contribution >= 4 is 35.2 Å². The molecule has 1 aromatic carbocycles. The molecule has 118 valence electrons. The summed E-state index contributed by atoms with van der Waals surface area (Å²) in [5.74, 6) is -0.486. The molecule has 1 fully saturated rings. The van der Waals surface area contributed by atoms with Crippen molar-refractivity contribution in [2.45, 2.75) is 24.6 Å². The summed E-state index contributed by atoms with van der Waals surface area (Å²) in [5.41, 5.74) is 4.31. The van der Waals surface area contributed by atoms with Crippen LogP contribution in [-0.2, 0) is 19.1 Å². The number of amides is 2. The van der Waals surface area contributed by atoms with E-state index in [1.165, 1.54) is 16.7 Å². The monoisotopic (exact) mass is 323 g/mol. The second-order valence-corrected chi connectivity index (χ2v) is 6.11. The highest BCUT2D eigenvalue weighted by Crippen LogP contribution is 2.29. The third kappa shape index (κ3) is 3.66. The van der Waals surface area contributed by atoms with Gasteiger partial charge in [0.2, 0.25) is 11.8 Å². The average molecular weight is 323 g/mol. The van der Waals surface area contributed by atoms with E-state index in [1.807, 2.05) is 6.07 Å². The zero-order valence-corrected chi connectivity index (χ0v) is 13.2. The van der Waals surface area contributed by atoms with Crippen LogP contribution in [0.2, 0.25) is 0 Å². The molecule has 2 atom stereocenters. The van der Waals surface area contributed by atoms with Gasteiger partial charge in [-0.25, -0.2) is 9.69 Å². The molecule has 1 aliphatic heterocycles. The topological polar surface area (TPSA) is 91.3 Å². The maximum atomic E-state index is 12.4. The molecule has 0 aromatic heterocycles. The summed E-state index contributed by atoms with van der Waals surface area (Å²) in [4.78, 5) is 37.2. The molecule has 7 heteroatoms. The fourth-order valence-electron chi connectivity index (χ4n) is 2.14. The Bertz CT molecular complexity index is 564. The SMILES string of the molecule is CCOC(=O)C([NH3+])CSC1CC(=O)N(c2ccccc2)C1=O. The van der Waals surface area contributed by atoms with Gasteiger partial charge in [-0.15, -0.1) is 11.8 Å². The number of hydrogen-bond donors (Lipinski definition) is 1.